The third-order valence-corrected chi connectivity index (χ3v) is 5.59. The van der Waals surface area contributed by atoms with Crippen LogP contribution in [0.1, 0.15) is 21.5 Å². The maximum Gasteiger partial charge on any atom is 0.226 e. The Balaban J connectivity index is 1.75. The van der Waals surface area contributed by atoms with Crippen LogP contribution in [0.15, 0.2) is 88.2 Å². The van der Waals surface area contributed by atoms with Gasteiger partial charge in [-0.2, -0.15) is 5.11 Å². The second kappa shape index (κ2) is 8.47. The molecule has 0 saturated heterocycles. The number of hydrogen-bond acceptors (Lipinski definition) is 6. The lowest BCUT2D eigenvalue weighted by Crippen LogP contribution is -1.94. The van der Waals surface area contributed by atoms with Gasteiger partial charge in [0.2, 0.25) is 5.12 Å². The highest BCUT2D eigenvalue weighted by atomic mass is 32.2. The Kier molecular flexibility index (Phi) is 5.59. The topological polar surface area (TPSA) is 74.9 Å². The summed E-state index contributed by atoms with van der Waals surface area (Å²) in [6, 6.07) is 18.6. The molecule has 148 valence electrons. The van der Waals surface area contributed by atoms with Gasteiger partial charge in [-0.05, 0) is 84.6 Å². The number of rotatable bonds is 4. The molecule has 0 bridgehead atoms. The van der Waals surface area contributed by atoms with Crippen LogP contribution in [0.2, 0.25) is 0 Å². The number of hydrogen-bond donors (Lipinski definition) is 1. The lowest BCUT2D eigenvalue weighted by molar-refractivity contribution is 0.108. The summed E-state index contributed by atoms with van der Waals surface area (Å²) in [5.74, 6) is 0.251. The molecule has 1 N–H and O–H groups in total. The Labute approximate surface area is 178 Å². The van der Waals surface area contributed by atoms with Crippen molar-refractivity contribution < 1.29 is 9.90 Å². The average molecular weight is 414 g/mol. The molecule has 0 atom stereocenters. The standard InChI is InChI=1S/C24H19N3O2S/c1-15-10-19(11-16(2)23(15)28)26-27-22-13-18-14-25-9-8-17(18)12-21(22)24(29)30-20-6-4-3-5-7-20/h3-14,28H,1-2H3/b27-26+. The van der Waals surface area contributed by atoms with Crippen LogP contribution >= 0.6 is 11.8 Å². The first kappa shape index (κ1) is 19.8. The molecule has 0 saturated carbocycles. The number of aromatic hydroxyl groups is 1. The molecule has 6 heteroatoms. The summed E-state index contributed by atoms with van der Waals surface area (Å²) in [5, 5.41) is 20.4. The van der Waals surface area contributed by atoms with Gasteiger partial charge in [0.25, 0.3) is 0 Å². The molecule has 0 aliphatic heterocycles. The molecule has 0 fully saturated rings. The molecule has 30 heavy (non-hydrogen) atoms. The van der Waals surface area contributed by atoms with Crippen LogP contribution in [0, 0.1) is 13.8 Å². The highest BCUT2D eigenvalue weighted by molar-refractivity contribution is 8.14. The van der Waals surface area contributed by atoms with E-state index < -0.39 is 0 Å². The number of pyridine rings is 1. The van der Waals surface area contributed by atoms with E-state index in [0.29, 0.717) is 16.9 Å². The SMILES string of the molecule is Cc1cc(/N=N/c2cc3cnccc3cc2C(=O)Sc2ccccc2)cc(C)c1O. The van der Waals surface area contributed by atoms with Gasteiger partial charge in [-0.15, -0.1) is 5.11 Å². The molecule has 4 rings (SSSR count). The smallest absolute Gasteiger partial charge is 0.226 e. The first-order valence-electron chi connectivity index (χ1n) is 9.38. The second-order valence-electron chi connectivity index (χ2n) is 6.92. The van der Waals surface area contributed by atoms with Gasteiger partial charge in [-0.25, -0.2) is 0 Å². The van der Waals surface area contributed by atoms with E-state index in [2.05, 4.69) is 15.2 Å². The summed E-state index contributed by atoms with van der Waals surface area (Å²) in [6.07, 6.45) is 3.44. The molecular formula is C24H19N3O2S. The van der Waals surface area contributed by atoms with Crippen molar-refractivity contribution in [2.75, 3.05) is 0 Å². The number of carbonyl (C=O) groups excluding carboxylic acids is 1. The van der Waals surface area contributed by atoms with E-state index >= 15 is 0 Å². The van der Waals surface area contributed by atoms with Gasteiger partial charge in [0.15, 0.2) is 0 Å². The van der Waals surface area contributed by atoms with E-state index in [1.54, 1.807) is 24.5 Å². The number of azo groups is 1. The maximum absolute atomic E-state index is 13.1. The summed E-state index contributed by atoms with van der Waals surface area (Å²) >= 11 is 1.16. The third-order valence-electron chi connectivity index (χ3n) is 4.68. The van der Waals surface area contributed by atoms with Crippen molar-refractivity contribution in [1.29, 1.82) is 0 Å². The fraction of sp³-hybridized carbons (Fsp3) is 0.0833. The van der Waals surface area contributed by atoms with Crippen molar-refractivity contribution in [3.63, 3.8) is 0 Å². The molecule has 4 aromatic rings. The van der Waals surface area contributed by atoms with E-state index in [1.807, 2.05) is 62.4 Å². The largest absolute Gasteiger partial charge is 0.507 e. The molecule has 1 aromatic heterocycles. The predicted molar refractivity (Wildman–Crippen MR) is 120 cm³/mol. The average Bonchev–Trinajstić information content (AvgIpc) is 2.76. The minimum Gasteiger partial charge on any atom is -0.507 e. The molecule has 0 aliphatic rings. The predicted octanol–water partition coefficient (Wildman–Crippen LogP) is 6.91. The van der Waals surface area contributed by atoms with Gasteiger partial charge in [0.05, 0.1) is 16.9 Å². The zero-order chi connectivity index (χ0) is 21.1. The van der Waals surface area contributed by atoms with Crippen LogP contribution in [0.4, 0.5) is 11.4 Å². The lowest BCUT2D eigenvalue weighted by atomic mass is 10.1. The van der Waals surface area contributed by atoms with E-state index in [0.717, 1.165) is 38.6 Å². The van der Waals surface area contributed by atoms with Crippen LogP contribution < -0.4 is 0 Å². The number of phenols is 1. The zero-order valence-electron chi connectivity index (χ0n) is 16.5. The van der Waals surface area contributed by atoms with Crippen molar-refractivity contribution >= 4 is 39.0 Å². The van der Waals surface area contributed by atoms with Crippen molar-refractivity contribution in [3.8, 4) is 5.75 Å². The first-order chi connectivity index (χ1) is 14.5. The van der Waals surface area contributed by atoms with Crippen LogP contribution in [-0.4, -0.2) is 15.2 Å². The fourth-order valence-electron chi connectivity index (χ4n) is 3.12. The quantitative estimate of drug-likeness (QED) is 0.291. The van der Waals surface area contributed by atoms with Crippen molar-refractivity contribution in [2.45, 2.75) is 18.7 Å². The Morgan fingerprint density at radius 2 is 1.67 bits per heavy atom. The van der Waals surface area contributed by atoms with Gasteiger partial charge < -0.3 is 5.11 Å². The number of fused-ring (bicyclic) bond motifs is 1. The Morgan fingerprint density at radius 1 is 0.933 bits per heavy atom. The second-order valence-corrected chi connectivity index (χ2v) is 7.97. The number of benzene rings is 3. The monoisotopic (exact) mass is 413 g/mol. The number of phenolic OH excluding ortho intramolecular Hbond substituents is 1. The van der Waals surface area contributed by atoms with Crippen LogP contribution in [0.3, 0.4) is 0 Å². The Morgan fingerprint density at radius 3 is 2.40 bits per heavy atom. The van der Waals surface area contributed by atoms with Gasteiger partial charge >= 0.3 is 0 Å². The molecule has 1 heterocycles. The molecule has 0 aliphatic carbocycles. The summed E-state index contributed by atoms with van der Waals surface area (Å²) < 4.78 is 0. The Bertz CT molecular complexity index is 1250. The van der Waals surface area contributed by atoms with E-state index in [4.69, 9.17) is 0 Å². The molecular weight excluding hydrogens is 394 g/mol. The Hall–Kier alpha value is -3.51. The molecule has 5 nitrogen and oxygen atoms in total. The van der Waals surface area contributed by atoms with E-state index in [9.17, 15) is 9.90 Å². The number of carbonyl (C=O) groups is 1. The molecule has 0 amide bonds. The first-order valence-corrected chi connectivity index (χ1v) is 10.2. The summed E-state index contributed by atoms with van der Waals surface area (Å²) in [4.78, 5) is 18.1. The summed E-state index contributed by atoms with van der Waals surface area (Å²) in [6.45, 7) is 3.63. The van der Waals surface area contributed by atoms with Crippen molar-refractivity contribution in [3.05, 3.63) is 89.7 Å². The summed E-state index contributed by atoms with van der Waals surface area (Å²) in [5.41, 5.74) is 3.03. The molecule has 0 unspecified atom stereocenters. The third kappa shape index (κ3) is 4.23. The van der Waals surface area contributed by atoms with Gasteiger partial charge in [0, 0.05) is 22.7 Å². The molecule has 3 aromatic carbocycles. The van der Waals surface area contributed by atoms with Crippen molar-refractivity contribution in [1.82, 2.24) is 4.98 Å². The zero-order valence-corrected chi connectivity index (χ0v) is 17.4. The maximum atomic E-state index is 13.1. The number of nitrogens with zero attached hydrogens (tertiary/aromatic N) is 3. The molecule has 0 radical (unpaired) electrons. The summed E-state index contributed by atoms with van der Waals surface area (Å²) in [7, 11) is 0. The van der Waals surface area contributed by atoms with Crippen molar-refractivity contribution in [2.24, 2.45) is 10.2 Å². The minimum atomic E-state index is -0.105. The fourth-order valence-corrected chi connectivity index (χ4v) is 3.90. The van der Waals surface area contributed by atoms with Gasteiger partial charge in [-0.3, -0.25) is 9.78 Å². The highest BCUT2D eigenvalue weighted by Crippen LogP contribution is 2.34. The normalized spacial score (nSPS) is 11.3. The number of aromatic nitrogens is 1. The van der Waals surface area contributed by atoms with Crippen LogP contribution in [0.25, 0.3) is 10.8 Å². The highest BCUT2D eigenvalue weighted by Gasteiger charge is 2.15. The number of thioether (sulfide) groups is 1. The van der Waals surface area contributed by atoms with Crippen LogP contribution in [-0.2, 0) is 0 Å². The van der Waals surface area contributed by atoms with Gasteiger partial charge in [0.1, 0.15) is 5.75 Å². The minimum absolute atomic E-state index is 0.105. The van der Waals surface area contributed by atoms with E-state index in [-0.39, 0.29) is 10.9 Å². The van der Waals surface area contributed by atoms with E-state index in [1.165, 1.54) is 0 Å². The number of aryl methyl sites for hydroxylation is 2. The molecule has 0 spiro atoms. The lowest BCUT2D eigenvalue weighted by Gasteiger charge is -2.07. The van der Waals surface area contributed by atoms with Gasteiger partial charge in [-0.1, -0.05) is 18.2 Å². The van der Waals surface area contributed by atoms with Crippen LogP contribution in [0.5, 0.6) is 5.75 Å².